The molecule has 1 aromatic carbocycles. The Labute approximate surface area is 236 Å². The smallest absolute Gasteiger partial charge is 0.254 e. The Morgan fingerprint density at radius 2 is 2.02 bits per heavy atom. The number of carbonyl (C=O) groups is 1. The maximum Gasteiger partial charge on any atom is 0.254 e. The lowest BCUT2D eigenvalue weighted by molar-refractivity contribution is 0.0932. The molecule has 4 aromatic rings. The van der Waals surface area contributed by atoms with Crippen LogP contribution in [0.25, 0.3) is 16.8 Å². The predicted octanol–water partition coefficient (Wildman–Crippen LogP) is 6.74. The number of unbranched alkanes of at least 4 members (excludes halogenated alkanes) is 1. The Bertz CT molecular complexity index is 1560. The van der Waals surface area contributed by atoms with Crippen LogP contribution in [0.3, 0.4) is 0 Å². The van der Waals surface area contributed by atoms with Gasteiger partial charge in [0.2, 0.25) is 0 Å². The number of rotatable bonds is 8. The molecule has 1 aliphatic carbocycles. The Morgan fingerprint density at radius 1 is 1.20 bits per heavy atom. The minimum absolute atomic E-state index is 0.0322. The van der Waals surface area contributed by atoms with Gasteiger partial charge in [-0.15, -0.1) is 0 Å². The predicted molar refractivity (Wildman–Crippen MR) is 161 cm³/mol. The first kappa shape index (κ1) is 27.4. The monoisotopic (exact) mass is 537 g/mol. The molecule has 3 heterocycles. The molecule has 1 unspecified atom stereocenters. The quantitative estimate of drug-likeness (QED) is 0.244. The molecular weight excluding hydrogens is 498 g/mol. The molecule has 0 aliphatic heterocycles. The Hall–Kier alpha value is -4.20. The highest BCUT2D eigenvalue weighted by Gasteiger charge is 2.25. The molecule has 1 amide bonds. The summed E-state index contributed by atoms with van der Waals surface area (Å²) >= 11 is 0. The van der Waals surface area contributed by atoms with Gasteiger partial charge in [-0.2, -0.15) is 10.2 Å². The van der Waals surface area contributed by atoms with Gasteiger partial charge in [-0.25, -0.2) is 4.99 Å². The van der Waals surface area contributed by atoms with E-state index in [4.69, 9.17) is 4.99 Å². The Kier molecular flexibility index (Phi) is 7.61. The lowest BCUT2D eigenvalue weighted by Crippen LogP contribution is -2.31. The number of carbonyl (C=O) groups excluding carboxylic acids is 1. The average Bonchev–Trinajstić information content (AvgIpc) is 3.68. The maximum absolute atomic E-state index is 13.1. The van der Waals surface area contributed by atoms with E-state index in [9.17, 15) is 4.79 Å². The van der Waals surface area contributed by atoms with E-state index in [0.717, 1.165) is 65.9 Å². The lowest BCUT2D eigenvalue weighted by atomic mass is 9.85. The number of nitrogens with one attached hydrogen (secondary N) is 2. The first-order valence-electron chi connectivity index (χ1n) is 14.1. The van der Waals surface area contributed by atoms with Crippen LogP contribution in [-0.4, -0.2) is 36.7 Å². The second kappa shape index (κ2) is 11.1. The summed E-state index contributed by atoms with van der Waals surface area (Å²) in [5, 5.41) is 12.0. The molecule has 0 bridgehead atoms. The number of aryl methyl sites for hydroxylation is 2. The molecule has 208 valence electrons. The summed E-state index contributed by atoms with van der Waals surface area (Å²) in [4.78, 5) is 21.3. The summed E-state index contributed by atoms with van der Waals surface area (Å²) in [7, 11) is 1.91. The van der Waals surface area contributed by atoms with Crippen molar-refractivity contribution >= 4 is 23.5 Å². The zero-order valence-electron chi connectivity index (χ0n) is 24.2. The van der Waals surface area contributed by atoms with E-state index in [1.165, 1.54) is 11.1 Å². The van der Waals surface area contributed by atoms with Crippen LogP contribution in [0.1, 0.15) is 92.0 Å². The van der Waals surface area contributed by atoms with Gasteiger partial charge < -0.3 is 10.3 Å². The van der Waals surface area contributed by atoms with E-state index in [1.54, 1.807) is 10.9 Å². The fraction of sp³-hybridized carbons (Fsp3) is 0.375. The highest BCUT2D eigenvalue weighted by molar-refractivity contribution is 5.94. The van der Waals surface area contributed by atoms with Crippen LogP contribution in [0.15, 0.2) is 60.6 Å². The SMILES string of the molecule is C=C(c1ccc2c(c1)CCCC2NC(=O)c1cnn(C(C)(C)C)c1)c1cc(-c2cnn(C)c2)[nH]c1N=CCCC. The molecule has 5 rings (SSSR count). The Morgan fingerprint density at radius 3 is 2.73 bits per heavy atom. The minimum atomic E-state index is -0.172. The van der Waals surface area contributed by atoms with Gasteiger partial charge >= 0.3 is 0 Å². The van der Waals surface area contributed by atoms with Crippen molar-refractivity contribution in [3.8, 4) is 11.3 Å². The maximum atomic E-state index is 13.1. The van der Waals surface area contributed by atoms with Crippen LogP contribution in [0.4, 0.5) is 5.82 Å². The standard InChI is InChI=1S/C32H39N7O/c1-7-8-14-33-30-27(16-29(36-30)24-17-34-38(6)19-24)21(2)22-12-13-26-23(15-22)10-9-11-28(26)37-31(40)25-18-35-39(20-25)32(3,4)5/h12-20,28,36H,2,7-11H2,1,3-6H3,(H,37,40). The lowest BCUT2D eigenvalue weighted by Gasteiger charge is -2.27. The molecule has 2 N–H and O–H groups in total. The molecule has 0 radical (unpaired) electrons. The van der Waals surface area contributed by atoms with Crippen molar-refractivity contribution in [2.75, 3.05) is 0 Å². The van der Waals surface area contributed by atoms with Crippen molar-refractivity contribution in [1.82, 2.24) is 29.9 Å². The first-order valence-corrected chi connectivity index (χ1v) is 14.1. The summed E-state index contributed by atoms with van der Waals surface area (Å²) in [5.74, 6) is 0.711. The topological polar surface area (TPSA) is 92.9 Å². The van der Waals surface area contributed by atoms with Gasteiger partial charge in [-0.1, -0.05) is 38.1 Å². The van der Waals surface area contributed by atoms with E-state index < -0.39 is 0 Å². The van der Waals surface area contributed by atoms with Crippen LogP contribution in [0.5, 0.6) is 0 Å². The summed E-state index contributed by atoms with van der Waals surface area (Å²) in [6.07, 6.45) is 14.1. The molecule has 1 aliphatic rings. The summed E-state index contributed by atoms with van der Waals surface area (Å²) in [6, 6.07) is 8.56. The number of hydrogen-bond donors (Lipinski definition) is 2. The molecule has 0 saturated heterocycles. The average molecular weight is 538 g/mol. The van der Waals surface area contributed by atoms with Crippen molar-refractivity contribution < 1.29 is 4.79 Å². The number of aromatic amines is 1. The third kappa shape index (κ3) is 5.71. The van der Waals surface area contributed by atoms with Gasteiger partial charge in [0.1, 0.15) is 5.82 Å². The van der Waals surface area contributed by atoms with E-state index in [0.29, 0.717) is 5.56 Å². The van der Waals surface area contributed by atoms with Crippen LogP contribution in [0.2, 0.25) is 0 Å². The summed E-state index contributed by atoms with van der Waals surface area (Å²) < 4.78 is 3.62. The third-order valence-electron chi connectivity index (χ3n) is 7.42. The van der Waals surface area contributed by atoms with Crippen molar-refractivity contribution in [3.05, 3.63) is 83.4 Å². The molecular formula is C32H39N7O. The van der Waals surface area contributed by atoms with Gasteiger partial charge in [0.05, 0.1) is 35.2 Å². The third-order valence-corrected chi connectivity index (χ3v) is 7.42. The normalized spacial score (nSPS) is 15.4. The molecule has 40 heavy (non-hydrogen) atoms. The fourth-order valence-corrected chi connectivity index (χ4v) is 5.13. The van der Waals surface area contributed by atoms with Crippen LogP contribution >= 0.6 is 0 Å². The summed E-state index contributed by atoms with van der Waals surface area (Å²) in [6.45, 7) is 12.8. The molecule has 3 aromatic heterocycles. The van der Waals surface area contributed by atoms with Gasteiger partial charge in [0, 0.05) is 36.8 Å². The second-order valence-corrected chi connectivity index (χ2v) is 11.6. The van der Waals surface area contributed by atoms with E-state index in [-0.39, 0.29) is 17.5 Å². The number of hydrogen-bond acceptors (Lipinski definition) is 4. The zero-order chi connectivity index (χ0) is 28.4. The largest absolute Gasteiger partial charge is 0.345 e. The van der Waals surface area contributed by atoms with E-state index in [2.05, 4.69) is 79.0 Å². The second-order valence-electron chi connectivity index (χ2n) is 11.6. The van der Waals surface area contributed by atoms with Crippen LogP contribution in [-0.2, 0) is 19.0 Å². The summed E-state index contributed by atoms with van der Waals surface area (Å²) in [5.41, 5.74) is 7.75. The van der Waals surface area contributed by atoms with Gasteiger partial charge in [-0.05, 0) is 74.8 Å². The van der Waals surface area contributed by atoms with Gasteiger partial charge in [-0.3, -0.25) is 14.2 Å². The molecule has 8 nitrogen and oxygen atoms in total. The molecule has 8 heteroatoms. The van der Waals surface area contributed by atoms with Crippen LogP contribution in [0, 0.1) is 0 Å². The number of benzene rings is 1. The Balaban J connectivity index is 1.39. The van der Waals surface area contributed by atoms with Crippen molar-refractivity contribution in [2.45, 2.75) is 71.4 Å². The molecule has 0 fully saturated rings. The number of H-pyrrole nitrogens is 1. The van der Waals surface area contributed by atoms with E-state index in [1.807, 2.05) is 36.5 Å². The zero-order valence-corrected chi connectivity index (χ0v) is 24.2. The number of aromatic nitrogens is 5. The number of fused-ring (bicyclic) bond motifs is 1. The number of nitrogens with zero attached hydrogens (tertiary/aromatic N) is 5. The molecule has 0 spiro atoms. The molecule has 1 atom stereocenters. The highest BCUT2D eigenvalue weighted by Crippen LogP contribution is 2.37. The van der Waals surface area contributed by atoms with Crippen molar-refractivity contribution in [1.29, 1.82) is 0 Å². The van der Waals surface area contributed by atoms with Gasteiger partial charge in [0.15, 0.2) is 0 Å². The van der Waals surface area contributed by atoms with Crippen molar-refractivity contribution in [2.24, 2.45) is 12.0 Å². The number of aliphatic imine (C=N–C) groups is 1. The first-order chi connectivity index (χ1) is 19.1. The number of amides is 1. The highest BCUT2D eigenvalue weighted by atomic mass is 16.1. The van der Waals surface area contributed by atoms with Gasteiger partial charge in [0.25, 0.3) is 5.91 Å². The van der Waals surface area contributed by atoms with E-state index >= 15 is 0 Å². The molecule has 0 saturated carbocycles. The van der Waals surface area contributed by atoms with Crippen LogP contribution < -0.4 is 5.32 Å². The minimum Gasteiger partial charge on any atom is -0.345 e. The fourth-order valence-electron chi connectivity index (χ4n) is 5.13. The van der Waals surface area contributed by atoms with Crippen molar-refractivity contribution in [3.63, 3.8) is 0 Å².